The quantitative estimate of drug-likeness (QED) is 0.690. The summed E-state index contributed by atoms with van der Waals surface area (Å²) in [5, 5.41) is 0. The van der Waals surface area contributed by atoms with Crippen molar-refractivity contribution in [1.82, 2.24) is 0 Å². The van der Waals surface area contributed by atoms with Crippen LogP contribution in [0, 0.1) is 47.7 Å². The number of methoxy groups -OCH3 is 1. The normalized spacial score (nSPS) is 8.57. The molecule has 0 aromatic heterocycles. The van der Waals surface area contributed by atoms with Crippen molar-refractivity contribution in [3.63, 3.8) is 0 Å². The standard InChI is InChI=1S/C5H11O.Ce/c1-5(2)4-6-3;/h4H2,1-3H3;. The Balaban J connectivity index is 0. The molecule has 0 heterocycles. The summed E-state index contributed by atoms with van der Waals surface area (Å²) in [7, 11) is 1.70. The maximum absolute atomic E-state index is 4.77. The predicted octanol–water partition coefficient (Wildman–Crippen LogP) is 1.25. The summed E-state index contributed by atoms with van der Waals surface area (Å²) in [5.74, 6) is 1.32. The second-order valence-electron chi connectivity index (χ2n) is 1.64. The Bertz CT molecular complexity index is 29.3. The predicted molar refractivity (Wildman–Crippen MR) is 26.5 cm³/mol. The van der Waals surface area contributed by atoms with E-state index >= 15 is 0 Å². The average molecular weight is 227 g/mol. The summed E-state index contributed by atoms with van der Waals surface area (Å²) < 4.78 is 4.77. The fraction of sp³-hybridized carbons (Fsp3) is 0.800. The second-order valence-corrected chi connectivity index (χ2v) is 1.64. The Kier molecular flexibility index (Phi) is 11.7. The van der Waals surface area contributed by atoms with E-state index in [9.17, 15) is 0 Å². The van der Waals surface area contributed by atoms with E-state index in [1.807, 2.05) is 13.8 Å². The molecule has 0 atom stereocenters. The number of ether oxygens (including phenoxy) is 1. The molecular formula is C5H11CeO. The number of hydrogen-bond acceptors (Lipinski definition) is 1. The van der Waals surface area contributed by atoms with E-state index in [2.05, 4.69) is 0 Å². The minimum absolute atomic E-state index is 0. The fourth-order valence-electron chi connectivity index (χ4n) is 0.289. The molecule has 0 aliphatic carbocycles. The molecule has 0 saturated carbocycles. The van der Waals surface area contributed by atoms with Crippen molar-refractivity contribution in [2.75, 3.05) is 13.7 Å². The monoisotopic (exact) mass is 227 g/mol. The molecule has 0 unspecified atom stereocenters. The van der Waals surface area contributed by atoms with Crippen molar-refractivity contribution in [3.05, 3.63) is 5.92 Å². The van der Waals surface area contributed by atoms with Crippen LogP contribution in [0.2, 0.25) is 0 Å². The zero-order valence-corrected chi connectivity index (χ0v) is 8.26. The van der Waals surface area contributed by atoms with Gasteiger partial charge in [0.15, 0.2) is 0 Å². The molecule has 0 aromatic carbocycles. The van der Waals surface area contributed by atoms with Gasteiger partial charge >= 0.3 is 0 Å². The van der Waals surface area contributed by atoms with Gasteiger partial charge in [0.05, 0.1) is 6.61 Å². The van der Waals surface area contributed by atoms with Crippen LogP contribution in [0.5, 0.6) is 0 Å². The van der Waals surface area contributed by atoms with E-state index in [0.717, 1.165) is 6.61 Å². The van der Waals surface area contributed by atoms with Gasteiger partial charge in [-0.05, 0) is 5.92 Å². The molecule has 0 aliphatic rings. The van der Waals surface area contributed by atoms with Gasteiger partial charge in [0.2, 0.25) is 0 Å². The van der Waals surface area contributed by atoms with E-state index in [4.69, 9.17) is 4.74 Å². The van der Waals surface area contributed by atoms with Gasteiger partial charge in [-0.25, -0.2) is 0 Å². The zero-order valence-electron chi connectivity index (χ0n) is 5.12. The van der Waals surface area contributed by atoms with Crippen LogP contribution in [0.4, 0.5) is 0 Å². The molecule has 7 heavy (non-hydrogen) atoms. The average Bonchev–Trinajstić information content (AvgIpc) is 1.35. The van der Waals surface area contributed by atoms with Crippen LogP contribution in [0.15, 0.2) is 0 Å². The van der Waals surface area contributed by atoms with Gasteiger partial charge in [-0.3, -0.25) is 0 Å². The van der Waals surface area contributed by atoms with Crippen molar-refractivity contribution in [3.8, 4) is 0 Å². The molecule has 0 amide bonds. The Morgan fingerprint density at radius 3 is 1.86 bits per heavy atom. The van der Waals surface area contributed by atoms with E-state index in [1.165, 1.54) is 5.92 Å². The summed E-state index contributed by atoms with van der Waals surface area (Å²) in [6.07, 6.45) is 0. The molecule has 0 saturated heterocycles. The van der Waals surface area contributed by atoms with Crippen molar-refractivity contribution in [1.29, 1.82) is 0 Å². The third-order valence-electron chi connectivity index (χ3n) is 0.433. The van der Waals surface area contributed by atoms with E-state index in [0.29, 0.717) is 0 Å². The number of rotatable bonds is 2. The van der Waals surface area contributed by atoms with Crippen LogP contribution in [0.25, 0.3) is 0 Å². The fourth-order valence-corrected chi connectivity index (χ4v) is 0.289. The van der Waals surface area contributed by atoms with Crippen LogP contribution < -0.4 is 0 Å². The maximum Gasteiger partial charge on any atom is 0.0519 e. The summed E-state index contributed by atoms with van der Waals surface area (Å²) in [6, 6.07) is 0. The van der Waals surface area contributed by atoms with Gasteiger partial charge in [0.1, 0.15) is 0 Å². The Labute approximate surface area is 79.2 Å². The summed E-state index contributed by atoms with van der Waals surface area (Å²) in [6.45, 7) is 4.88. The molecule has 41 valence electrons. The van der Waals surface area contributed by atoms with Gasteiger partial charge in [0.25, 0.3) is 0 Å². The topological polar surface area (TPSA) is 9.23 Å². The van der Waals surface area contributed by atoms with E-state index < -0.39 is 0 Å². The van der Waals surface area contributed by atoms with Crippen LogP contribution in [0.3, 0.4) is 0 Å². The molecule has 1 nitrogen and oxygen atoms in total. The first-order valence-corrected chi connectivity index (χ1v) is 2.05. The first-order valence-electron chi connectivity index (χ1n) is 2.05. The third kappa shape index (κ3) is 11.1. The minimum atomic E-state index is 0. The Morgan fingerprint density at radius 2 is 1.86 bits per heavy atom. The van der Waals surface area contributed by atoms with Gasteiger partial charge < -0.3 is 4.74 Å². The smallest absolute Gasteiger partial charge is 0.0519 e. The van der Waals surface area contributed by atoms with Gasteiger partial charge in [-0.2, -0.15) is 0 Å². The van der Waals surface area contributed by atoms with Crippen LogP contribution in [0.1, 0.15) is 13.8 Å². The summed E-state index contributed by atoms with van der Waals surface area (Å²) in [5.41, 5.74) is 0. The van der Waals surface area contributed by atoms with Crippen molar-refractivity contribution in [2.45, 2.75) is 13.8 Å². The molecule has 0 rings (SSSR count). The summed E-state index contributed by atoms with van der Waals surface area (Å²) in [4.78, 5) is 0. The molecule has 0 aromatic rings. The van der Waals surface area contributed by atoms with Gasteiger partial charge in [0, 0.05) is 48.9 Å². The van der Waals surface area contributed by atoms with Gasteiger partial charge in [-0.1, -0.05) is 13.8 Å². The van der Waals surface area contributed by atoms with Crippen LogP contribution in [-0.2, 0) is 4.74 Å². The molecule has 0 aliphatic heterocycles. The minimum Gasteiger partial charge on any atom is -0.384 e. The molecule has 0 spiro atoms. The van der Waals surface area contributed by atoms with Gasteiger partial charge in [-0.15, -0.1) is 0 Å². The molecule has 1 radical (unpaired) electrons. The Hall–Kier alpha value is 1.34. The van der Waals surface area contributed by atoms with E-state index in [-0.39, 0.29) is 41.7 Å². The molecular weight excluding hydrogens is 216 g/mol. The first kappa shape index (κ1) is 11.2. The molecule has 0 bridgehead atoms. The van der Waals surface area contributed by atoms with Crippen LogP contribution in [-0.4, -0.2) is 13.7 Å². The number of hydrogen-bond donors (Lipinski definition) is 0. The molecule has 2 heteroatoms. The Morgan fingerprint density at radius 1 is 1.43 bits per heavy atom. The second kappa shape index (κ2) is 7.34. The van der Waals surface area contributed by atoms with Crippen molar-refractivity contribution >= 4 is 0 Å². The zero-order chi connectivity index (χ0) is 4.99. The summed E-state index contributed by atoms with van der Waals surface area (Å²) >= 11 is 0. The molecule has 0 N–H and O–H groups in total. The molecule has 0 fully saturated rings. The van der Waals surface area contributed by atoms with E-state index in [1.54, 1.807) is 7.11 Å². The van der Waals surface area contributed by atoms with Crippen molar-refractivity contribution in [2.24, 2.45) is 0 Å². The van der Waals surface area contributed by atoms with Crippen LogP contribution >= 0.6 is 0 Å². The van der Waals surface area contributed by atoms with Crippen molar-refractivity contribution < 1.29 is 46.5 Å². The first-order chi connectivity index (χ1) is 2.77. The maximum atomic E-state index is 4.77. The third-order valence-corrected chi connectivity index (χ3v) is 0.433. The SMILES string of the molecule is COC[C](C)C.[Ce]. The largest absolute Gasteiger partial charge is 0.384 e.